The van der Waals surface area contributed by atoms with Gasteiger partial charge in [0.1, 0.15) is 5.75 Å². The molecule has 164 valence electrons. The molecular weight excluding hydrogens is 514 g/mol. The van der Waals surface area contributed by atoms with E-state index in [0.717, 1.165) is 12.5 Å². The van der Waals surface area contributed by atoms with Gasteiger partial charge in [0.05, 0.1) is 25.9 Å². The van der Waals surface area contributed by atoms with Gasteiger partial charge in [-0.2, -0.15) is 13.2 Å². The lowest BCUT2D eigenvalue weighted by Crippen LogP contribution is -2.31. The first-order valence-corrected chi connectivity index (χ1v) is 9.02. The first-order chi connectivity index (χ1) is 13.9. The molecule has 0 amide bonds. The molecule has 2 N–H and O–H groups in total. The van der Waals surface area contributed by atoms with Crippen LogP contribution in [0.15, 0.2) is 41.4 Å². The molecule has 0 radical (unpaired) electrons. The van der Waals surface area contributed by atoms with Crippen LogP contribution in [0.25, 0.3) is 0 Å². The van der Waals surface area contributed by atoms with Crippen molar-refractivity contribution in [1.82, 2.24) is 5.32 Å². The predicted octanol–water partition coefficient (Wildman–Crippen LogP) is 4.68. The SMILES string of the molecule is CN=C(NCc1ccc(OC)cc1C(F)(F)F)Nc1ccc2c(c1)OCCCO2.I. The molecule has 0 aliphatic carbocycles. The van der Waals surface area contributed by atoms with Crippen LogP contribution in [0.4, 0.5) is 18.9 Å². The number of nitrogens with zero attached hydrogens (tertiary/aromatic N) is 1. The van der Waals surface area contributed by atoms with Crippen molar-refractivity contribution in [1.29, 1.82) is 0 Å². The molecule has 0 atom stereocenters. The Kier molecular flexibility index (Phi) is 8.44. The zero-order valence-corrected chi connectivity index (χ0v) is 18.8. The summed E-state index contributed by atoms with van der Waals surface area (Å²) in [4.78, 5) is 4.07. The highest BCUT2D eigenvalue weighted by atomic mass is 127. The summed E-state index contributed by atoms with van der Waals surface area (Å²) in [6.07, 6.45) is -3.69. The zero-order valence-electron chi connectivity index (χ0n) is 16.5. The van der Waals surface area contributed by atoms with Crippen LogP contribution in [-0.4, -0.2) is 33.3 Å². The summed E-state index contributed by atoms with van der Waals surface area (Å²) in [6, 6.07) is 9.19. The number of aliphatic imine (C=N–C) groups is 1. The van der Waals surface area contributed by atoms with Gasteiger partial charge in [-0.3, -0.25) is 4.99 Å². The van der Waals surface area contributed by atoms with Crippen molar-refractivity contribution < 1.29 is 27.4 Å². The van der Waals surface area contributed by atoms with Crippen LogP contribution < -0.4 is 24.8 Å². The number of halogens is 4. The van der Waals surface area contributed by atoms with E-state index in [2.05, 4.69) is 15.6 Å². The van der Waals surface area contributed by atoms with E-state index < -0.39 is 11.7 Å². The molecule has 0 unspecified atom stereocenters. The Hall–Kier alpha value is -2.37. The number of hydrogen-bond donors (Lipinski definition) is 2. The third kappa shape index (κ3) is 6.07. The molecule has 0 bridgehead atoms. The summed E-state index contributed by atoms with van der Waals surface area (Å²) in [7, 11) is 2.87. The number of guanidine groups is 1. The minimum Gasteiger partial charge on any atom is -0.497 e. The molecule has 30 heavy (non-hydrogen) atoms. The molecule has 1 aliphatic heterocycles. The van der Waals surface area contributed by atoms with Crippen LogP contribution in [-0.2, 0) is 12.7 Å². The molecule has 0 saturated heterocycles. The van der Waals surface area contributed by atoms with Gasteiger partial charge in [-0.15, -0.1) is 24.0 Å². The van der Waals surface area contributed by atoms with Crippen molar-refractivity contribution in [3.63, 3.8) is 0 Å². The summed E-state index contributed by atoms with van der Waals surface area (Å²) in [5.74, 6) is 1.74. The fourth-order valence-electron chi connectivity index (χ4n) is 2.84. The van der Waals surface area contributed by atoms with Crippen molar-refractivity contribution in [2.24, 2.45) is 4.99 Å². The van der Waals surface area contributed by atoms with Gasteiger partial charge in [0, 0.05) is 31.8 Å². The maximum atomic E-state index is 13.4. The average molecular weight is 537 g/mol. The van der Waals surface area contributed by atoms with E-state index >= 15 is 0 Å². The van der Waals surface area contributed by atoms with E-state index in [-0.39, 0.29) is 41.8 Å². The lowest BCUT2D eigenvalue weighted by atomic mass is 10.1. The zero-order chi connectivity index (χ0) is 20.9. The van der Waals surface area contributed by atoms with E-state index in [1.54, 1.807) is 18.2 Å². The Bertz CT molecular complexity index is 891. The second-order valence-electron chi connectivity index (χ2n) is 6.28. The Morgan fingerprint density at radius 1 is 1.10 bits per heavy atom. The van der Waals surface area contributed by atoms with E-state index in [0.29, 0.717) is 36.4 Å². The van der Waals surface area contributed by atoms with Gasteiger partial charge in [-0.1, -0.05) is 6.07 Å². The standard InChI is InChI=1S/C20H22F3N3O3.HI/c1-24-19(26-14-5-7-17-18(10-14)29-9-3-8-28-17)25-12-13-4-6-15(27-2)11-16(13)20(21,22)23;/h4-7,10-11H,3,8-9,12H2,1-2H3,(H2,24,25,26);1H. The molecule has 10 heteroatoms. The first-order valence-electron chi connectivity index (χ1n) is 9.02. The van der Waals surface area contributed by atoms with E-state index in [1.165, 1.54) is 26.3 Å². The molecule has 2 aromatic carbocycles. The number of fused-ring (bicyclic) bond motifs is 1. The van der Waals surface area contributed by atoms with Crippen LogP contribution in [0.1, 0.15) is 17.5 Å². The van der Waals surface area contributed by atoms with Crippen molar-refractivity contribution in [2.45, 2.75) is 19.1 Å². The fraction of sp³-hybridized carbons (Fsp3) is 0.350. The molecule has 0 fully saturated rings. The number of hydrogen-bond acceptors (Lipinski definition) is 4. The van der Waals surface area contributed by atoms with E-state index in [9.17, 15) is 13.2 Å². The van der Waals surface area contributed by atoms with Crippen LogP contribution >= 0.6 is 24.0 Å². The van der Waals surface area contributed by atoms with Crippen LogP contribution in [0.3, 0.4) is 0 Å². The molecular formula is C20H23F3IN3O3. The fourth-order valence-corrected chi connectivity index (χ4v) is 2.84. The lowest BCUT2D eigenvalue weighted by Gasteiger charge is -2.17. The molecule has 0 saturated carbocycles. The first kappa shape index (κ1) is 23.9. The van der Waals surface area contributed by atoms with Gasteiger partial charge in [0.2, 0.25) is 0 Å². The monoisotopic (exact) mass is 537 g/mol. The highest BCUT2D eigenvalue weighted by Gasteiger charge is 2.33. The number of benzene rings is 2. The maximum Gasteiger partial charge on any atom is 0.416 e. The average Bonchev–Trinajstić information content (AvgIpc) is 2.95. The summed E-state index contributed by atoms with van der Waals surface area (Å²) in [5.41, 5.74) is 0.00317. The quantitative estimate of drug-likeness (QED) is 0.337. The van der Waals surface area contributed by atoms with Crippen molar-refractivity contribution in [3.05, 3.63) is 47.5 Å². The van der Waals surface area contributed by atoms with Gasteiger partial charge in [-0.25, -0.2) is 0 Å². The molecule has 6 nitrogen and oxygen atoms in total. The molecule has 0 spiro atoms. The summed E-state index contributed by atoms with van der Waals surface area (Å²) >= 11 is 0. The van der Waals surface area contributed by atoms with Crippen LogP contribution in [0.5, 0.6) is 17.2 Å². The maximum absolute atomic E-state index is 13.4. The van der Waals surface area contributed by atoms with Gasteiger partial charge >= 0.3 is 6.18 Å². The van der Waals surface area contributed by atoms with Crippen LogP contribution in [0.2, 0.25) is 0 Å². The predicted molar refractivity (Wildman–Crippen MR) is 119 cm³/mol. The summed E-state index contributed by atoms with van der Waals surface area (Å²) in [6.45, 7) is 1.08. The van der Waals surface area contributed by atoms with Crippen molar-refractivity contribution in [2.75, 3.05) is 32.7 Å². The Morgan fingerprint density at radius 3 is 2.50 bits per heavy atom. The van der Waals surface area contributed by atoms with Crippen molar-refractivity contribution >= 4 is 35.6 Å². The Labute approximate surface area is 189 Å². The minimum absolute atomic E-state index is 0. The van der Waals surface area contributed by atoms with Gasteiger partial charge < -0.3 is 24.8 Å². The molecule has 1 heterocycles. The molecule has 3 rings (SSSR count). The minimum atomic E-state index is -4.49. The molecule has 2 aromatic rings. The number of anilines is 1. The number of methoxy groups -OCH3 is 1. The van der Waals surface area contributed by atoms with Gasteiger partial charge in [0.15, 0.2) is 17.5 Å². The van der Waals surface area contributed by atoms with Gasteiger partial charge in [0.25, 0.3) is 0 Å². The summed E-state index contributed by atoms with van der Waals surface area (Å²) in [5, 5.41) is 5.95. The third-order valence-electron chi connectivity index (χ3n) is 4.30. The number of rotatable bonds is 4. The van der Waals surface area contributed by atoms with E-state index in [1.807, 2.05) is 0 Å². The second-order valence-corrected chi connectivity index (χ2v) is 6.28. The molecule has 1 aliphatic rings. The normalized spacial score (nSPS) is 13.7. The van der Waals surface area contributed by atoms with Crippen LogP contribution in [0, 0.1) is 0 Å². The summed E-state index contributed by atoms with van der Waals surface area (Å²) < 4.78 is 56.2. The highest BCUT2D eigenvalue weighted by molar-refractivity contribution is 14.0. The topological polar surface area (TPSA) is 64.1 Å². The largest absolute Gasteiger partial charge is 0.497 e. The molecule has 0 aromatic heterocycles. The lowest BCUT2D eigenvalue weighted by molar-refractivity contribution is -0.138. The number of ether oxygens (including phenoxy) is 3. The smallest absolute Gasteiger partial charge is 0.416 e. The third-order valence-corrected chi connectivity index (χ3v) is 4.30. The second kappa shape index (κ2) is 10.6. The van der Waals surface area contributed by atoms with Gasteiger partial charge in [-0.05, 0) is 29.8 Å². The highest BCUT2D eigenvalue weighted by Crippen LogP contribution is 2.35. The Morgan fingerprint density at radius 2 is 1.83 bits per heavy atom. The Balaban J connectivity index is 0.00000320. The van der Waals surface area contributed by atoms with E-state index in [4.69, 9.17) is 14.2 Å². The number of alkyl halides is 3. The van der Waals surface area contributed by atoms with Crippen molar-refractivity contribution in [3.8, 4) is 17.2 Å². The number of nitrogens with one attached hydrogen (secondary N) is 2.